The van der Waals surface area contributed by atoms with Crippen molar-refractivity contribution in [3.05, 3.63) is 120 Å². The van der Waals surface area contributed by atoms with Gasteiger partial charge in [0.2, 0.25) is 17.8 Å². The number of nitrogens with zero attached hydrogens (tertiary/aromatic N) is 3. The lowest BCUT2D eigenvalue weighted by molar-refractivity contribution is 0.0951. The van der Waals surface area contributed by atoms with E-state index in [0.29, 0.717) is 61.4 Å². The minimum absolute atomic E-state index is 0.139. The molecule has 0 spiro atoms. The van der Waals surface area contributed by atoms with Crippen LogP contribution in [0.4, 0.5) is 39.7 Å². The normalized spacial score (nSPS) is 10.5. The molecule has 3 amide bonds. The number of carbonyl (C=O) groups excluding carboxylic acids is 2. The van der Waals surface area contributed by atoms with E-state index in [1.54, 1.807) is 60.7 Å². The van der Waals surface area contributed by atoms with E-state index in [-0.39, 0.29) is 29.6 Å². The van der Waals surface area contributed by atoms with E-state index >= 15 is 0 Å². The minimum Gasteiger partial charge on any atom is -0.508 e. The fourth-order valence-corrected chi connectivity index (χ4v) is 4.23. The number of hydrogen-bond acceptors (Lipinski definition) is 10. The van der Waals surface area contributed by atoms with Crippen LogP contribution in [0.25, 0.3) is 0 Å². The molecule has 13 heteroatoms. The number of nitrogens with one attached hydrogen (secondary N) is 6. The lowest BCUT2D eigenvalue weighted by Gasteiger charge is -2.12. The van der Waals surface area contributed by atoms with E-state index in [1.165, 1.54) is 0 Å². The van der Waals surface area contributed by atoms with Gasteiger partial charge in [-0.3, -0.25) is 4.79 Å². The van der Waals surface area contributed by atoms with Gasteiger partial charge in [-0.15, -0.1) is 0 Å². The van der Waals surface area contributed by atoms with Crippen LogP contribution in [0.3, 0.4) is 0 Å². The molecule has 0 unspecified atom stereocenters. The molecular weight excluding hydrogens is 598 g/mol. The zero-order valence-corrected chi connectivity index (χ0v) is 25.4. The standard InChI is InChI=1S/C34H35N9O4/c44-29-17-15-28(16-18-29)39-33-42-31(35-19-21-47-22-20-36-34(46)40-26-9-5-2-6-10-26)41-32(43-33)38-27-13-11-25(12-14-27)30(45)37-23-24-7-3-1-4-8-24/h1-18,44H,19-23H2,(H,37,45)(H2,36,40,46)(H3,35,38,39,41,42,43). The summed E-state index contributed by atoms with van der Waals surface area (Å²) in [4.78, 5) is 38.0. The Balaban J connectivity index is 1.14. The van der Waals surface area contributed by atoms with Gasteiger partial charge in [0.25, 0.3) is 5.91 Å². The Kier molecular flexibility index (Phi) is 11.5. The lowest BCUT2D eigenvalue weighted by Crippen LogP contribution is -2.31. The summed E-state index contributed by atoms with van der Waals surface area (Å²) in [6.45, 7) is 1.83. The first-order valence-electron chi connectivity index (χ1n) is 14.9. The number of hydrogen-bond donors (Lipinski definition) is 7. The van der Waals surface area contributed by atoms with Gasteiger partial charge in [0.15, 0.2) is 0 Å². The van der Waals surface area contributed by atoms with Gasteiger partial charge in [0.05, 0.1) is 13.2 Å². The number of rotatable bonds is 15. The summed E-state index contributed by atoms with van der Waals surface area (Å²) in [7, 11) is 0. The molecule has 0 radical (unpaired) electrons. The van der Waals surface area contributed by atoms with Gasteiger partial charge in [-0.25, -0.2) is 4.79 Å². The summed E-state index contributed by atoms with van der Waals surface area (Å²) < 4.78 is 5.63. The minimum atomic E-state index is -0.308. The maximum Gasteiger partial charge on any atom is 0.319 e. The van der Waals surface area contributed by atoms with Gasteiger partial charge in [-0.05, 0) is 66.2 Å². The second-order valence-electron chi connectivity index (χ2n) is 10.1. The van der Waals surface area contributed by atoms with Crippen LogP contribution in [0.2, 0.25) is 0 Å². The third-order valence-corrected chi connectivity index (χ3v) is 6.55. The molecule has 0 saturated heterocycles. The number of aromatic hydroxyl groups is 1. The zero-order chi connectivity index (χ0) is 32.7. The summed E-state index contributed by atoms with van der Waals surface area (Å²) in [5.41, 5.74) is 3.58. The van der Waals surface area contributed by atoms with Crippen molar-refractivity contribution in [1.82, 2.24) is 25.6 Å². The molecule has 240 valence electrons. The van der Waals surface area contributed by atoms with E-state index in [4.69, 9.17) is 4.74 Å². The molecule has 0 saturated carbocycles. The molecular formula is C34H35N9O4. The smallest absolute Gasteiger partial charge is 0.319 e. The molecule has 0 aliphatic carbocycles. The first-order valence-corrected chi connectivity index (χ1v) is 14.9. The van der Waals surface area contributed by atoms with Crippen molar-refractivity contribution < 1.29 is 19.4 Å². The van der Waals surface area contributed by atoms with Crippen LogP contribution in [0.1, 0.15) is 15.9 Å². The van der Waals surface area contributed by atoms with Crippen LogP contribution >= 0.6 is 0 Å². The van der Waals surface area contributed by atoms with Gasteiger partial charge in [-0.2, -0.15) is 15.0 Å². The van der Waals surface area contributed by atoms with Crippen molar-refractivity contribution in [1.29, 1.82) is 0 Å². The molecule has 4 aromatic carbocycles. The molecule has 1 heterocycles. The van der Waals surface area contributed by atoms with E-state index in [2.05, 4.69) is 46.9 Å². The SMILES string of the molecule is O=C(NCCOCCNc1nc(Nc2ccc(O)cc2)nc(Nc2ccc(C(=O)NCc3ccccc3)cc2)n1)Nc1ccccc1. The molecule has 0 bridgehead atoms. The van der Waals surface area contributed by atoms with Crippen molar-refractivity contribution in [3.8, 4) is 5.75 Å². The largest absolute Gasteiger partial charge is 0.508 e. The average Bonchev–Trinajstić information content (AvgIpc) is 3.09. The predicted octanol–water partition coefficient (Wildman–Crippen LogP) is 5.24. The Morgan fingerprint density at radius 3 is 1.85 bits per heavy atom. The topological polar surface area (TPSA) is 174 Å². The molecule has 5 rings (SSSR count). The van der Waals surface area contributed by atoms with E-state index in [9.17, 15) is 14.7 Å². The molecule has 5 aromatic rings. The van der Waals surface area contributed by atoms with Crippen LogP contribution in [0.5, 0.6) is 5.75 Å². The fourth-order valence-electron chi connectivity index (χ4n) is 4.23. The second kappa shape index (κ2) is 16.7. The highest BCUT2D eigenvalue weighted by Crippen LogP contribution is 2.21. The number of para-hydroxylation sites is 1. The second-order valence-corrected chi connectivity index (χ2v) is 10.1. The van der Waals surface area contributed by atoms with Gasteiger partial charge in [0.1, 0.15) is 5.75 Å². The average molecular weight is 634 g/mol. The summed E-state index contributed by atoms with van der Waals surface area (Å²) in [6, 6.07) is 32.0. The van der Waals surface area contributed by atoms with Crippen LogP contribution in [-0.4, -0.2) is 58.3 Å². The van der Waals surface area contributed by atoms with Gasteiger partial charge in [-0.1, -0.05) is 48.5 Å². The summed E-state index contributed by atoms with van der Waals surface area (Å²) in [5, 5.41) is 27.4. The third-order valence-electron chi connectivity index (χ3n) is 6.55. The molecule has 1 aromatic heterocycles. The van der Waals surface area contributed by atoms with E-state index in [1.807, 2.05) is 48.5 Å². The number of carbonyl (C=O) groups is 2. The maximum absolute atomic E-state index is 12.6. The van der Waals surface area contributed by atoms with Crippen molar-refractivity contribution in [2.24, 2.45) is 0 Å². The third kappa shape index (κ3) is 10.7. The summed E-state index contributed by atoms with van der Waals surface area (Å²) in [5.74, 6) is 0.785. The Bertz CT molecular complexity index is 1720. The number of amides is 3. The molecule has 0 fully saturated rings. The Labute approximate surface area is 271 Å². The zero-order valence-electron chi connectivity index (χ0n) is 25.4. The van der Waals surface area contributed by atoms with Crippen LogP contribution in [0.15, 0.2) is 109 Å². The molecule has 0 aliphatic rings. The van der Waals surface area contributed by atoms with Gasteiger partial charge in [0, 0.05) is 42.3 Å². The Morgan fingerprint density at radius 2 is 1.19 bits per heavy atom. The number of ether oxygens (including phenoxy) is 1. The molecule has 0 atom stereocenters. The molecule has 47 heavy (non-hydrogen) atoms. The Morgan fingerprint density at radius 1 is 0.617 bits per heavy atom. The number of anilines is 6. The number of phenols is 1. The molecule has 13 nitrogen and oxygen atoms in total. The molecule has 7 N–H and O–H groups in total. The molecule has 0 aliphatic heterocycles. The Hall–Kier alpha value is -6.21. The quantitative estimate of drug-likeness (QED) is 0.0596. The summed E-state index contributed by atoms with van der Waals surface area (Å²) in [6.07, 6.45) is 0. The number of benzene rings is 4. The van der Waals surface area contributed by atoms with E-state index < -0.39 is 0 Å². The van der Waals surface area contributed by atoms with Crippen molar-refractivity contribution >= 4 is 46.8 Å². The predicted molar refractivity (Wildman–Crippen MR) is 181 cm³/mol. The maximum atomic E-state index is 12.6. The summed E-state index contributed by atoms with van der Waals surface area (Å²) >= 11 is 0. The first-order chi connectivity index (χ1) is 23.0. The number of phenolic OH excluding ortho intramolecular Hbond substituents is 1. The van der Waals surface area contributed by atoms with Crippen LogP contribution in [-0.2, 0) is 11.3 Å². The highest BCUT2D eigenvalue weighted by Gasteiger charge is 2.10. The van der Waals surface area contributed by atoms with Crippen molar-refractivity contribution in [3.63, 3.8) is 0 Å². The van der Waals surface area contributed by atoms with Crippen molar-refractivity contribution in [2.45, 2.75) is 6.54 Å². The first kappa shape index (κ1) is 32.2. The number of urea groups is 1. The van der Waals surface area contributed by atoms with E-state index in [0.717, 1.165) is 5.56 Å². The van der Waals surface area contributed by atoms with Gasteiger partial charge >= 0.3 is 6.03 Å². The van der Waals surface area contributed by atoms with Crippen LogP contribution in [0, 0.1) is 0 Å². The number of aromatic nitrogens is 3. The lowest BCUT2D eigenvalue weighted by atomic mass is 10.2. The highest BCUT2D eigenvalue weighted by molar-refractivity contribution is 5.94. The van der Waals surface area contributed by atoms with Crippen molar-refractivity contribution in [2.75, 3.05) is 47.6 Å². The van der Waals surface area contributed by atoms with Gasteiger partial charge < -0.3 is 41.7 Å². The fraction of sp³-hybridized carbons (Fsp3) is 0.147. The highest BCUT2D eigenvalue weighted by atomic mass is 16.5. The monoisotopic (exact) mass is 633 g/mol. The van der Waals surface area contributed by atoms with Crippen LogP contribution < -0.4 is 31.9 Å².